The lowest BCUT2D eigenvalue weighted by Crippen LogP contribution is -2.35. The normalized spacial score (nSPS) is 18.8. The number of thioether (sulfide) groups is 1. The number of aliphatic hydroxyl groups excluding tert-OH is 1. The third-order valence-corrected chi connectivity index (χ3v) is 8.54. The van der Waals surface area contributed by atoms with Gasteiger partial charge in [0.25, 0.3) is 5.91 Å². The van der Waals surface area contributed by atoms with Crippen LogP contribution in [0.25, 0.3) is 11.1 Å². The molecule has 228 valence electrons. The van der Waals surface area contributed by atoms with E-state index in [1.807, 2.05) is 84.9 Å². The predicted octanol–water partition coefficient (Wildman–Crippen LogP) is 6.75. The molecule has 1 saturated heterocycles. The van der Waals surface area contributed by atoms with Crippen LogP contribution < -0.4 is 5.32 Å². The fourth-order valence-electron chi connectivity index (χ4n) is 5.09. The molecule has 7 nitrogen and oxygen atoms in total. The van der Waals surface area contributed by atoms with Gasteiger partial charge in [-0.2, -0.15) is 0 Å². The van der Waals surface area contributed by atoms with E-state index in [0.29, 0.717) is 6.54 Å². The van der Waals surface area contributed by atoms with Crippen LogP contribution in [0.3, 0.4) is 0 Å². The molecule has 0 aromatic heterocycles. The van der Waals surface area contributed by atoms with Gasteiger partial charge in [-0.15, -0.1) is 11.8 Å². The summed E-state index contributed by atoms with van der Waals surface area (Å²) in [5.74, 6) is -0.0501. The van der Waals surface area contributed by atoms with Crippen LogP contribution in [0.1, 0.15) is 54.9 Å². The average Bonchev–Trinajstić information content (AvgIpc) is 3.06. The van der Waals surface area contributed by atoms with Crippen molar-refractivity contribution in [1.82, 2.24) is 5.32 Å². The fraction of sp³-hybridized carbons (Fsp3) is 0.278. The van der Waals surface area contributed by atoms with Gasteiger partial charge < -0.3 is 24.6 Å². The zero-order valence-electron chi connectivity index (χ0n) is 24.8. The smallest absolute Gasteiger partial charge is 0.303 e. The van der Waals surface area contributed by atoms with E-state index in [4.69, 9.17) is 14.2 Å². The molecule has 0 bridgehead atoms. The van der Waals surface area contributed by atoms with Crippen LogP contribution in [0.2, 0.25) is 0 Å². The number of nitrogens with one attached hydrogen (secondary N) is 1. The first kappa shape index (κ1) is 31.5. The number of hydrogen-bond donors (Lipinski definition) is 2. The van der Waals surface area contributed by atoms with Crippen molar-refractivity contribution in [1.29, 1.82) is 0 Å². The van der Waals surface area contributed by atoms with Gasteiger partial charge in [0.15, 0.2) is 12.4 Å². The first-order valence-electron chi connectivity index (χ1n) is 14.7. The summed E-state index contributed by atoms with van der Waals surface area (Å²) in [6.07, 6.45) is -0.885. The van der Waals surface area contributed by atoms with E-state index in [-0.39, 0.29) is 24.7 Å². The molecule has 0 aliphatic carbocycles. The highest BCUT2D eigenvalue weighted by Gasteiger charge is 2.32. The van der Waals surface area contributed by atoms with Gasteiger partial charge in [-0.1, -0.05) is 78.9 Å². The van der Waals surface area contributed by atoms with Crippen LogP contribution in [-0.2, 0) is 37.0 Å². The summed E-state index contributed by atoms with van der Waals surface area (Å²) in [5.41, 5.74) is 5.75. The molecule has 1 fully saturated rings. The number of hydrogen-bond acceptors (Lipinski definition) is 7. The van der Waals surface area contributed by atoms with E-state index in [1.165, 1.54) is 11.8 Å². The van der Waals surface area contributed by atoms with Gasteiger partial charge in [-0.25, -0.2) is 0 Å². The number of esters is 1. The monoisotopic (exact) mass is 611 g/mol. The van der Waals surface area contributed by atoms with Crippen LogP contribution >= 0.6 is 11.8 Å². The van der Waals surface area contributed by atoms with Crippen molar-refractivity contribution in [2.75, 3.05) is 5.75 Å². The highest BCUT2D eigenvalue weighted by molar-refractivity contribution is 7.99. The molecule has 2 N–H and O–H groups in total. The zero-order valence-corrected chi connectivity index (χ0v) is 25.7. The maximum absolute atomic E-state index is 12.3. The molecule has 8 heteroatoms. The van der Waals surface area contributed by atoms with Gasteiger partial charge in [0, 0.05) is 36.1 Å². The van der Waals surface area contributed by atoms with E-state index in [2.05, 4.69) is 23.5 Å². The lowest BCUT2D eigenvalue weighted by molar-refractivity contribution is -0.245. The number of ether oxygens (including phenoxy) is 3. The lowest BCUT2D eigenvalue weighted by atomic mass is 9.99. The lowest BCUT2D eigenvalue weighted by Gasteiger charge is -2.36. The molecule has 0 saturated carbocycles. The molecule has 4 atom stereocenters. The van der Waals surface area contributed by atoms with Gasteiger partial charge in [0.2, 0.25) is 0 Å². The van der Waals surface area contributed by atoms with Crippen LogP contribution in [0, 0.1) is 0 Å². The number of rotatable bonds is 11. The van der Waals surface area contributed by atoms with Crippen molar-refractivity contribution in [3.05, 3.63) is 125 Å². The average molecular weight is 612 g/mol. The second-order valence-electron chi connectivity index (χ2n) is 10.8. The first-order valence-corrected chi connectivity index (χ1v) is 15.7. The van der Waals surface area contributed by atoms with Crippen molar-refractivity contribution in [3.63, 3.8) is 0 Å². The van der Waals surface area contributed by atoms with Crippen molar-refractivity contribution in [2.45, 2.75) is 62.9 Å². The number of carbonyl (C=O) groups is 2. The molecule has 0 unspecified atom stereocenters. The van der Waals surface area contributed by atoms with E-state index in [0.717, 1.165) is 45.6 Å². The molecule has 44 heavy (non-hydrogen) atoms. The Bertz CT molecular complexity index is 1540. The molecule has 4 aromatic rings. The molecule has 0 spiro atoms. The largest absolute Gasteiger partial charge is 0.453 e. The SMILES string of the molecule is CC(=O)O[C@@H](C)C(=O)NCc1cccc(-c2cccc([C@@H]3O[C@H](CSc4ccccc4)C[C@H](c4ccc(CO)cc4)O3)c2)c1. The molecular weight excluding hydrogens is 574 g/mol. The molecule has 0 radical (unpaired) electrons. The maximum Gasteiger partial charge on any atom is 0.303 e. The van der Waals surface area contributed by atoms with E-state index in [9.17, 15) is 14.7 Å². The molecule has 1 aliphatic heterocycles. The van der Waals surface area contributed by atoms with E-state index >= 15 is 0 Å². The maximum atomic E-state index is 12.3. The zero-order chi connectivity index (χ0) is 30.9. The molecule has 1 aliphatic rings. The van der Waals surface area contributed by atoms with Crippen molar-refractivity contribution in [3.8, 4) is 11.1 Å². The Morgan fingerprint density at radius 3 is 2.34 bits per heavy atom. The number of aliphatic hydroxyl groups is 1. The van der Waals surface area contributed by atoms with Crippen LogP contribution in [0.5, 0.6) is 0 Å². The van der Waals surface area contributed by atoms with Crippen molar-refractivity contribution in [2.24, 2.45) is 0 Å². The molecule has 5 rings (SSSR count). The Balaban J connectivity index is 1.33. The summed E-state index contributed by atoms with van der Waals surface area (Å²) in [6.45, 7) is 3.14. The summed E-state index contributed by atoms with van der Waals surface area (Å²) in [7, 11) is 0. The second kappa shape index (κ2) is 15.2. The summed E-state index contributed by atoms with van der Waals surface area (Å²) in [6, 6.07) is 34.3. The van der Waals surface area contributed by atoms with E-state index < -0.39 is 18.4 Å². The predicted molar refractivity (Wildman–Crippen MR) is 171 cm³/mol. The Hall–Kier alpha value is -3.95. The van der Waals surface area contributed by atoms with Crippen LogP contribution in [-0.4, -0.2) is 34.9 Å². The minimum Gasteiger partial charge on any atom is -0.453 e. The van der Waals surface area contributed by atoms with Crippen molar-refractivity contribution < 1.29 is 28.9 Å². The Kier molecular flexibility index (Phi) is 10.9. The minimum atomic E-state index is -0.853. The van der Waals surface area contributed by atoms with Gasteiger partial charge in [0.05, 0.1) is 18.8 Å². The van der Waals surface area contributed by atoms with Gasteiger partial charge in [0.1, 0.15) is 0 Å². The second-order valence-corrected chi connectivity index (χ2v) is 11.9. The Labute approximate surface area is 262 Å². The topological polar surface area (TPSA) is 94.1 Å². The molecule has 1 heterocycles. The third-order valence-electron chi connectivity index (χ3n) is 7.39. The molecule has 1 amide bonds. The minimum absolute atomic E-state index is 0.00163. The highest BCUT2D eigenvalue weighted by Crippen LogP contribution is 2.40. The fourth-order valence-corrected chi connectivity index (χ4v) is 6.03. The van der Waals surface area contributed by atoms with Crippen LogP contribution in [0.15, 0.2) is 108 Å². The number of carbonyl (C=O) groups excluding carboxylic acids is 2. The van der Waals surface area contributed by atoms with Gasteiger partial charge >= 0.3 is 5.97 Å². The summed E-state index contributed by atoms with van der Waals surface area (Å²) in [4.78, 5) is 24.7. The quantitative estimate of drug-likeness (QED) is 0.143. The van der Waals surface area contributed by atoms with Crippen molar-refractivity contribution >= 4 is 23.6 Å². The summed E-state index contributed by atoms with van der Waals surface area (Å²) in [5, 5.41) is 12.3. The van der Waals surface area contributed by atoms with Gasteiger partial charge in [-0.05, 0) is 59.0 Å². The third kappa shape index (κ3) is 8.57. The Morgan fingerprint density at radius 1 is 0.886 bits per heavy atom. The summed E-state index contributed by atoms with van der Waals surface area (Å²) >= 11 is 1.77. The molecule has 4 aromatic carbocycles. The number of amides is 1. The Morgan fingerprint density at radius 2 is 1.61 bits per heavy atom. The standard InChI is InChI=1S/C36H37NO6S/c1-24(41-25(2)39)35(40)37-21-27-8-6-9-29(18-27)30-10-7-11-31(19-30)36-42-32(23-44-33-12-4-3-5-13-33)20-34(43-36)28-16-14-26(22-38)15-17-28/h3-19,24,32,34,36,38H,20-23H2,1-2H3,(H,37,40)/t24-,32-,34+,36+/m0/s1. The summed E-state index contributed by atoms with van der Waals surface area (Å²) < 4.78 is 18.1. The number of benzene rings is 4. The highest BCUT2D eigenvalue weighted by atomic mass is 32.2. The van der Waals surface area contributed by atoms with Gasteiger partial charge in [-0.3, -0.25) is 9.59 Å². The van der Waals surface area contributed by atoms with Crippen LogP contribution in [0.4, 0.5) is 0 Å². The first-order chi connectivity index (χ1) is 21.4. The van der Waals surface area contributed by atoms with E-state index in [1.54, 1.807) is 18.7 Å². The molecular formula is C36H37NO6S.